The van der Waals surface area contributed by atoms with Crippen LogP contribution in [0.2, 0.25) is 0 Å². The summed E-state index contributed by atoms with van der Waals surface area (Å²) in [7, 11) is 6.80. The third-order valence-electron chi connectivity index (χ3n) is 8.69. The zero-order valence-electron chi connectivity index (χ0n) is 26.2. The molecule has 2 amide bonds. The van der Waals surface area contributed by atoms with Crippen LogP contribution in [-0.4, -0.2) is 102 Å². The summed E-state index contributed by atoms with van der Waals surface area (Å²) in [6.45, 7) is 1.70. The molecule has 1 aromatic carbocycles. The van der Waals surface area contributed by atoms with E-state index in [1.165, 1.54) is 0 Å². The second-order valence-corrected chi connectivity index (χ2v) is 12.1. The number of aliphatic hydroxyl groups excluding tert-OH is 2. The lowest BCUT2D eigenvalue weighted by molar-refractivity contribution is -0.163. The van der Waals surface area contributed by atoms with Gasteiger partial charge in [-0.25, -0.2) is 4.79 Å². The number of nitrogens with two attached hydrogens (primary N) is 1. The Balaban J connectivity index is 2.07. The SMILES string of the molecule is CCCCCCOC(=O)NCc1cc(N(C)C)c2c(c1O)C(O)=C1C(=O)[C@](O)(C(=O)CC(N)=O)[C@H]([C@@H](CO)N(C)C)C[C@@H]1C2. The number of anilines is 1. The number of amides is 2. The highest BCUT2D eigenvalue weighted by atomic mass is 16.5. The van der Waals surface area contributed by atoms with Crippen molar-refractivity contribution in [2.75, 3.05) is 46.3 Å². The zero-order chi connectivity index (χ0) is 32.9. The van der Waals surface area contributed by atoms with Gasteiger partial charge in [0.05, 0.1) is 25.2 Å². The van der Waals surface area contributed by atoms with E-state index in [1.54, 1.807) is 44.1 Å². The molecule has 1 aromatic rings. The summed E-state index contributed by atoms with van der Waals surface area (Å²) < 4.78 is 5.22. The number of carbonyl (C=O) groups is 4. The molecular formula is C31H46N4O9. The van der Waals surface area contributed by atoms with E-state index in [2.05, 4.69) is 12.2 Å². The molecule has 0 bridgehead atoms. The van der Waals surface area contributed by atoms with Gasteiger partial charge in [-0.2, -0.15) is 0 Å². The highest BCUT2D eigenvalue weighted by Crippen LogP contribution is 2.51. The maximum atomic E-state index is 14.1. The minimum Gasteiger partial charge on any atom is -0.507 e. The molecule has 0 heterocycles. The molecule has 0 aromatic heterocycles. The number of ether oxygens (including phenoxy) is 1. The van der Waals surface area contributed by atoms with Crippen molar-refractivity contribution < 1.29 is 44.3 Å². The van der Waals surface area contributed by atoms with Crippen molar-refractivity contribution in [1.29, 1.82) is 0 Å². The third-order valence-corrected chi connectivity index (χ3v) is 8.69. The quantitative estimate of drug-likeness (QED) is 0.130. The van der Waals surface area contributed by atoms with Gasteiger partial charge < -0.3 is 46.0 Å². The number of phenolic OH excluding ortho intramolecular Hbond substituents is 1. The Hall–Kier alpha value is -3.68. The average Bonchev–Trinajstić information content (AvgIpc) is 2.94. The molecule has 3 rings (SSSR count). The van der Waals surface area contributed by atoms with Crippen LogP contribution in [-0.2, 0) is 32.1 Å². The smallest absolute Gasteiger partial charge is 0.407 e. The van der Waals surface area contributed by atoms with Gasteiger partial charge in [0.25, 0.3) is 0 Å². The standard InChI is InChI=1S/C31H46N4O9/c1-6-7-8-9-10-44-30(42)33-15-18-13-21(34(2)3)19-11-17-12-20(22(16-36)35(4)5)31(43,23(37)14-24(32)38)29(41)25(17)28(40)26(19)27(18)39/h13,17,20,22,36,39-40,43H,6-12,14-16H2,1-5H3,(H2,32,38)(H,33,42)/t17-,20-,22+,31+/m0/s1. The Bertz CT molecular complexity index is 1310. The van der Waals surface area contributed by atoms with Gasteiger partial charge >= 0.3 is 6.09 Å². The number of aromatic hydroxyl groups is 1. The Morgan fingerprint density at radius 3 is 2.41 bits per heavy atom. The minimum absolute atomic E-state index is 0.00994. The fraction of sp³-hybridized carbons (Fsp3) is 0.613. The number of nitrogens with zero attached hydrogens (tertiary/aromatic N) is 2. The summed E-state index contributed by atoms with van der Waals surface area (Å²) in [4.78, 5) is 54.7. The van der Waals surface area contributed by atoms with Crippen molar-refractivity contribution in [1.82, 2.24) is 10.2 Å². The van der Waals surface area contributed by atoms with Crippen LogP contribution in [0.25, 0.3) is 5.76 Å². The van der Waals surface area contributed by atoms with E-state index in [4.69, 9.17) is 10.5 Å². The van der Waals surface area contributed by atoms with E-state index in [0.29, 0.717) is 11.3 Å². The second kappa shape index (κ2) is 14.4. The number of carbonyl (C=O) groups excluding carboxylic acids is 4. The molecule has 2 aliphatic carbocycles. The fourth-order valence-electron chi connectivity index (χ4n) is 6.39. The summed E-state index contributed by atoms with van der Waals surface area (Å²) in [5.41, 5.74) is 3.58. The van der Waals surface area contributed by atoms with Crippen molar-refractivity contribution in [2.45, 2.75) is 70.1 Å². The molecule has 2 aliphatic rings. The second-order valence-electron chi connectivity index (χ2n) is 12.1. The largest absolute Gasteiger partial charge is 0.507 e. The highest BCUT2D eigenvalue weighted by molar-refractivity contribution is 6.23. The summed E-state index contributed by atoms with van der Waals surface area (Å²) in [5, 5.41) is 47.5. The lowest BCUT2D eigenvalue weighted by Crippen LogP contribution is -2.64. The van der Waals surface area contributed by atoms with Crippen LogP contribution < -0.4 is 16.0 Å². The number of rotatable bonds is 14. The van der Waals surface area contributed by atoms with Crippen molar-refractivity contribution in [3.05, 3.63) is 28.3 Å². The number of Topliss-reactive ketones (excluding diaryl/α,β-unsaturated/α-hetero) is 2. The predicted octanol–water partition coefficient (Wildman–Crippen LogP) is 1.39. The van der Waals surface area contributed by atoms with Crippen molar-refractivity contribution in [2.24, 2.45) is 17.6 Å². The number of likely N-dealkylation sites (N-methyl/N-ethyl adjacent to an activating group) is 1. The molecule has 0 aliphatic heterocycles. The number of aliphatic hydroxyl groups is 3. The van der Waals surface area contributed by atoms with Crippen molar-refractivity contribution in [3.8, 4) is 5.75 Å². The Morgan fingerprint density at radius 2 is 1.84 bits per heavy atom. The number of unbranched alkanes of at least 4 members (excludes halogenated alkanes) is 3. The van der Waals surface area contributed by atoms with Gasteiger partial charge in [-0.1, -0.05) is 26.2 Å². The molecule has 0 radical (unpaired) electrons. The number of primary amides is 1. The van der Waals surface area contributed by atoms with Crippen LogP contribution in [0.15, 0.2) is 11.6 Å². The van der Waals surface area contributed by atoms with Crippen molar-refractivity contribution in [3.63, 3.8) is 0 Å². The average molecular weight is 619 g/mol. The van der Waals surface area contributed by atoms with E-state index >= 15 is 0 Å². The van der Waals surface area contributed by atoms with Crippen LogP contribution in [0, 0.1) is 11.8 Å². The number of hydrogen-bond acceptors (Lipinski definition) is 11. The third kappa shape index (κ3) is 6.84. The number of benzene rings is 1. The maximum Gasteiger partial charge on any atom is 0.407 e. The minimum atomic E-state index is -2.76. The normalized spacial score (nSPS) is 21.9. The molecule has 13 heteroatoms. The molecule has 1 saturated carbocycles. The van der Waals surface area contributed by atoms with Crippen LogP contribution >= 0.6 is 0 Å². The van der Waals surface area contributed by atoms with Crippen molar-refractivity contribution >= 4 is 35.0 Å². The molecule has 7 N–H and O–H groups in total. The van der Waals surface area contributed by atoms with E-state index < -0.39 is 65.8 Å². The van der Waals surface area contributed by atoms with Gasteiger partial charge in [-0.15, -0.1) is 0 Å². The number of alkyl carbamates (subject to hydrolysis) is 1. The topological polar surface area (TPSA) is 203 Å². The van der Waals surface area contributed by atoms with Crippen LogP contribution in [0.4, 0.5) is 10.5 Å². The molecule has 244 valence electrons. The van der Waals surface area contributed by atoms with Crippen LogP contribution in [0.1, 0.15) is 62.1 Å². The Morgan fingerprint density at radius 1 is 1.16 bits per heavy atom. The summed E-state index contributed by atoms with van der Waals surface area (Å²) in [6, 6.07) is 0.839. The summed E-state index contributed by atoms with van der Waals surface area (Å²) in [5.74, 6) is -6.06. The first-order chi connectivity index (χ1) is 20.7. The first-order valence-electron chi connectivity index (χ1n) is 15.0. The lowest BCUT2D eigenvalue weighted by atomic mass is 9.59. The Kier molecular flexibility index (Phi) is 11.4. The van der Waals surface area contributed by atoms with Gasteiger partial charge in [0.1, 0.15) is 11.5 Å². The summed E-state index contributed by atoms with van der Waals surface area (Å²) >= 11 is 0. The Labute approximate surface area is 257 Å². The molecular weight excluding hydrogens is 572 g/mol. The number of fused-ring (bicyclic) bond motifs is 2. The number of hydrogen-bond donors (Lipinski definition) is 6. The van der Waals surface area contributed by atoms with E-state index in [1.807, 2.05) is 0 Å². The van der Waals surface area contributed by atoms with Crippen LogP contribution in [0.5, 0.6) is 5.75 Å². The van der Waals surface area contributed by atoms with Gasteiger partial charge in [0.15, 0.2) is 11.4 Å². The highest BCUT2D eigenvalue weighted by Gasteiger charge is 2.60. The van der Waals surface area contributed by atoms with Gasteiger partial charge in [-0.3, -0.25) is 14.4 Å². The number of ketones is 2. The van der Waals surface area contributed by atoms with Gasteiger partial charge in [0.2, 0.25) is 11.7 Å². The number of nitrogens with one attached hydrogen (secondary N) is 1. The molecule has 13 nitrogen and oxygen atoms in total. The molecule has 4 atom stereocenters. The van der Waals surface area contributed by atoms with E-state index in [0.717, 1.165) is 25.7 Å². The summed E-state index contributed by atoms with van der Waals surface area (Å²) in [6.07, 6.45) is 2.35. The lowest BCUT2D eigenvalue weighted by Gasteiger charge is -2.47. The first kappa shape index (κ1) is 34.8. The van der Waals surface area contributed by atoms with E-state index in [9.17, 15) is 39.6 Å². The molecule has 0 unspecified atom stereocenters. The van der Waals surface area contributed by atoms with E-state index in [-0.39, 0.29) is 48.4 Å². The van der Waals surface area contributed by atoms with Gasteiger partial charge in [0, 0.05) is 49.4 Å². The van der Waals surface area contributed by atoms with Gasteiger partial charge in [-0.05, 0) is 50.9 Å². The number of phenols is 1. The first-order valence-corrected chi connectivity index (χ1v) is 15.0. The predicted molar refractivity (Wildman–Crippen MR) is 163 cm³/mol. The maximum absolute atomic E-state index is 14.1. The molecule has 1 fully saturated rings. The molecule has 0 spiro atoms. The molecule has 44 heavy (non-hydrogen) atoms. The van der Waals surface area contributed by atoms with Crippen LogP contribution in [0.3, 0.4) is 0 Å². The monoisotopic (exact) mass is 618 g/mol. The fourth-order valence-corrected chi connectivity index (χ4v) is 6.39. The molecule has 0 saturated heterocycles. The zero-order valence-corrected chi connectivity index (χ0v) is 26.2.